The van der Waals surface area contributed by atoms with Crippen molar-refractivity contribution in [1.29, 1.82) is 0 Å². The molecule has 1 heterocycles. The highest BCUT2D eigenvalue weighted by Gasteiger charge is 2.16. The van der Waals surface area contributed by atoms with Gasteiger partial charge in [0.1, 0.15) is 28.5 Å². The van der Waals surface area contributed by atoms with Gasteiger partial charge in [-0.15, -0.1) is 0 Å². The Kier molecular flexibility index (Phi) is 6.83. The van der Waals surface area contributed by atoms with Crippen molar-refractivity contribution in [3.8, 4) is 23.0 Å². The zero-order chi connectivity index (χ0) is 23.3. The summed E-state index contributed by atoms with van der Waals surface area (Å²) in [5.74, 6) is 0.481. The summed E-state index contributed by atoms with van der Waals surface area (Å²) in [5.41, 5.74) is -0.143. The monoisotopic (exact) mass is 442 g/mol. The summed E-state index contributed by atoms with van der Waals surface area (Å²) in [6.07, 6.45) is 0. The molecule has 0 aliphatic heterocycles. The molecule has 0 aliphatic carbocycles. The van der Waals surface area contributed by atoms with Gasteiger partial charge in [0.25, 0.3) is 5.91 Å². The van der Waals surface area contributed by atoms with Gasteiger partial charge >= 0.3 is 5.63 Å². The van der Waals surface area contributed by atoms with Crippen molar-refractivity contribution in [2.45, 2.75) is 6.92 Å². The summed E-state index contributed by atoms with van der Waals surface area (Å²) >= 11 is 0. The first-order chi connectivity index (χ1) is 15.4. The number of rotatable bonds is 8. The average Bonchev–Trinajstić information content (AvgIpc) is 2.77. The Labute approximate surface area is 183 Å². The van der Waals surface area contributed by atoms with Gasteiger partial charge in [0.2, 0.25) is 5.91 Å². The van der Waals surface area contributed by atoms with Crippen molar-refractivity contribution in [3.05, 3.63) is 46.8 Å². The number of fused-ring (bicyclic) bond motifs is 1. The largest absolute Gasteiger partial charge is 0.494 e. The van der Waals surface area contributed by atoms with E-state index in [1.54, 1.807) is 24.3 Å². The molecular weight excluding hydrogens is 420 g/mol. The predicted molar refractivity (Wildman–Crippen MR) is 117 cm³/mol. The number of methoxy groups -OCH3 is 3. The molecule has 0 fully saturated rings. The highest BCUT2D eigenvalue weighted by Crippen LogP contribution is 2.35. The van der Waals surface area contributed by atoms with Crippen molar-refractivity contribution in [2.24, 2.45) is 0 Å². The highest BCUT2D eigenvalue weighted by atomic mass is 16.5. The predicted octanol–water partition coefficient (Wildman–Crippen LogP) is 2.79. The molecule has 0 unspecified atom stereocenters. The molecule has 168 valence electrons. The van der Waals surface area contributed by atoms with E-state index in [4.69, 9.17) is 23.4 Å². The van der Waals surface area contributed by atoms with Crippen LogP contribution >= 0.6 is 0 Å². The first-order valence-corrected chi connectivity index (χ1v) is 9.43. The van der Waals surface area contributed by atoms with Crippen molar-refractivity contribution < 1.29 is 33.0 Å². The van der Waals surface area contributed by atoms with Crippen LogP contribution in [0.3, 0.4) is 0 Å². The van der Waals surface area contributed by atoms with E-state index in [2.05, 4.69) is 10.6 Å². The van der Waals surface area contributed by atoms with Crippen LogP contribution in [0.25, 0.3) is 11.0 Å². The van der Waals surface area contributed by atoms with E-state index >= 15 is 0 Å². The standard InChI is InChI=1S/C22H22N2O8/c1-12(25)23-14-8-13-9-18(30-4)19(10-17(13)32-22(14)27)31-11-20(26)24-21-15(28-2)6-5-7-16(21)29-3/h5-10H,11H2,1-4H3,(H,23,25)(H,24,26). The topological polar surface area (TPSA) is 125 Å². The van der Waals surface area contributed by atoms with Crippen LogP contribution in [0.1, 0.15) is 6.92 Å². The van der Waals surface area contributed by atoms with E-state index in [0.29, 0.717) is 28.3 Å². The first kappa shape index (κ1) is 22.5. The lowest BCUT2D eigenvalue weighted by atomic mass is 10.2. The van der Waals surface area contributed by atoms with Crippen LogP contribution in [0.4, 0.5) is 11.4 Å². The molecule has 10 nitrogen and oxygen atoms in total. The fourth-order valence-corrected chi connectivity index (χ4v) is 2.97. The van der Waals surface area contributed by atoms with Crippen LogP contribution in [-0.2, 0) is 9.59 Å². The Hall–Kier alpha value is -4.21. The second-order valence-corrected chi connectivity index (χ2v) is 6.54. The fraction of sp³-hybridized carbons (Fsp3) is 0.227. The number of carbonyl (C=O) groups excluding carboxylic acids is 2. The summed E-state index contributed by atoms with van der Waals surface area (Å²) in [6, 6.07) is 9.57. The molecule has 3 rings (SSSR count). The zero-order valence-corrected chi connectivity index (χ0v) is 17.9. The third-order valence-electron chi connectivity index (χ3n) is 4.38. The third kappa shape index (κ3) is 4.91. The maximum Gasteiger partial charge on any atom is 0.360 e. The van der Waals surface area contributed by atoms with Gasteiger partial charge in [0.15, 0.2) is 18.1 Å². The van der Waals surface area contributed by atoms with Gasteiger partial charge < -0.3 is 34.0 Å². The SMILES string of the molecule is COc1cc2cc(NC(C)=O)c(=O)oc2cc1OCC(=O)Nc1c(OC)cccc1OC. The number of benzene rings is 2. The fourth-order valence-electron chi connectivity index (χ4n) is 2.97. The summed E-state index contributed by atoms with van der Waals surface area (Å²) in [5, 5.41) is 5.60. The Balaban J connectivity index is 1.82. The number of para-hydroxylation sites is 1. The van der Waals surface area contributed by atoms with Gasteiger partial charge in [-0.1, -0.05) is 6.07 Å². The minimum atomic E-state index is -0.718. The maximum absolute atomic E-state index is 12.5. The van der Waals surface area contributed by atoms with Gasteiger partial charge in [-0.2, -0.15) is 0 Å². The lowest BCUT2D eigenvalue weighted by Crippen LogP contribution is -2.21. The Morgan fingerprint density at radius 1 is 0.906 bits per heavy atom. The van der Waals surface area contributed by atoms with Crippen molar-refractivity contribution >= 4 is 34.2 Å². The second kappa shape index (κ2) is 9.73. The van der Waals surface area contributed by atoms with E-state index in [-0.39, 0.29) is 23.6 Å². The second-order valence-electron chi connectivity index (χ2n) is 6.54. The van der Waals surface area contributed by atoms with Gasteiger partial charge in [0, 0.05) is 18.4 Å². The van der Waals surface area contributed by atoms with Crippen molar-refractivity contribution in [2.75, 3.05) is 38.6 Å². The number of ether oxygens (including phenoxy) is 4. The number of hydrogen-bond donors (Lipinski definition) is 2. The van der Waals surface area contributed by atoms with E-state index < -0.39 is 17.4 Å². The number of nitrogens with one attached hydrogen (secondary N) is 2. The molecule has 2 amide bonds. The van der Waals surface area contributed by atoms with Gasteiger partial charge in [-0.3, -0.25) is 9.59 Å². The highest BCUT2D eigenvalue weighted by molar-refractivity contribution is 5.95. The average molecular weight is 442 g/mol. The van der Waals surface area contributed by atoms with Gasteiger partial charge in [0.05, 0.1) is 21.3 Å². The molecule has 0 aliphatic rings. The molecule has 32 heavy (non-hydrogen) atoms. The summed E-state index contributed by atoms with van der Waals surface area (Å²) in [4.78, 5) is 35.8. The van der Waals surface area contributed by atoms with Crippen LogP contribution in [0.5, 0.6) is 23.0 Å². The molecular formula is C22H22N2O8. The van der Waals surface area contributed by atoms with Crippen molar-refractivity contribution in [3.63, 3.8) is 0 Å². The molecule has 2 aromatic carbocycles. The van der Waals surface area contributed by atoms with Crippen LogP contribution in [0.15, 0.2) is 45.6 Å². The Bertz CT molecular complexity index is 1200. The van der Waals surface area contributed by atoms with Crippen LogP contribution in [0, 0.1) is 0 Å². The van der Waals surface area contributed by atoms with Crippen LogP contribution in [0.2, 0.25) is 0 Å². The molecule has 2 N–H and O–H groups in total. The summed E-state index contributed by atoms with van der Waals surface area (Å²) in [7, 11) is 4.39. The summed E-state index contributed by atoms with van der Waals surface area (Å²) in [6.45, 7) is 0.921. The minimum absolute atomic E-state index is 0.00542. The van der Waals surface area contributed by atoms with Gasteiger partial charge in [-0.25, -0.2) is 4.79 Å². The molecule has 0 bridgehead atoms. The normalized spacial score (nSPS) is 10.4. The van der Waals surface area contributed by atoms with E-state index in [1.165, 1.54) is 40.4 Å². The minimum Gasteiger partial charge on any atom is -0.494 e. The van der Waals surface area contributed by atoms with Crippen molar-refractivity contribution in [1.82, 2.24) is 0 Å². The lowest BCUT2D eigenvalue weighted by Gasteiger charge is -2.15. The third-order valence-corrected chi connectivity index (χ3v) is 4.38. The molecule has 0 saturated heterocycles. The molecule has 0 spiro atoms. The van der Waals surface area contributed by atoms with Gasteiger partial charge in [-0.05, 0) is 24.3 Å². The first-order valence-electron chi connectivity index (χ1n) is 9.43. The zero-order valence-electron chi connectivity index (χ0n) is 17.9. The number of hydrogen-bond acceptors (Lipinski definition) is 8. The molecule has 10 heteroatoms. The van der Waals surface area contributed by atoms with Crippen LogP contribution in [-0.4, -0.2) is 39.8 Å². The smallest absolute Gasteiger partial charge is 0.360 e. The molecule has 0 radical (unpaired) electrons. The lowest BCUT2D eigenvalue weighted by molar-refractivity contribution is -0.118. The summed E-state index contributed by atoms with van der Waals surface area (Å²) < 4.78 is 26.7. The van der Waals surface area contributed by atoms with Crippen LogP contribution < -0.4 is 35.2 Å². The number of amides is 2. The molecule has 1 aromatic heterocycles. The quantitative estimate of drug-likeness (QED) is 0.510. The number of anilines is 2. The molecule has 0 saturated carbocycles. The Morgan fingerprint density at radius 3 is 2.16 bits per heavy atom. The number of carbonyl (C=O) groups is 2. The van der Waals surface area contributed by atoms with E-state index in [0.717, 1.165) is 0 Å². The van der Waals surface area contributed by atoms with E-state index in [9.17, 15) is 14.4 Å². The molecule has 3 aromatic rings. The maximum atomic E-state index is 12.5. The molecule has 0 atom stereocenters. The Morgan fingerprint density at radius 2 is 1.56 bits per heavy atom. The van der Waals surface area contributed by atoms with E-state index in [1.807, 2.05) is 0 Å².